The Morgan fingerprint density at radius 1 is 0.459 bits per heavy atom. The molecule has 2 aliphatic heterocycles. The van der Waals surface area contributed by atoms with E-state index in [9.17, 15) is 0 Å². The maximum absolute atomic E-state index is 5.88. The fourth-order valence-corrected chi connectivity index (χ4v) is 24.4. The molecule has 0 saturated carbocycles. The maximum atomic E-state index is 5.88. The van der Waals surface area contributed by atoms with E-state index >= 15 is 0 Å². The minimum Gasteiger partial charge on any atom is -0.668 e. The third-order valence-electron chi connectivity index (χ3n) is 11.6. The fraction of sp³-hybridized carbons (Fsp3) is 0.700. The summed E-state index contributed by atoms with van der Waals surface area (Å²) in [4.78, 5) is 9.59. The molecule has 0 radical (unpaired) electrons. The zero-order valence-electron chi connectivity index (χ0n) is 53.6. The van der Waals surface area contributed by atoms with Crippen LogP contribution in [0, 0.1) is 22.7 Å². The second-order valence-corrected chi connectivity index (χ2v) is 47.2. The summed E-state index contributed by atoms with van der Waals surface area (Å²) >= 11 is 0. The van der Waals surface area contributed by atoms with Gasteiger partial charge in [0.1, 0.15) is 13.2 Å². The first kappa shape index (κ1) is 74.6. The van der Waals surface area contributed by atoms with Gasteiger partial charge in [-0.3, -0.25) is 0 Å². The van der Waals surface area contributed by atoms with Crippen molar-refractivity contribution >= 4 is 56.1 Å². The zero-order valence-corrected chi connectivity index (χ0v) is 63.5. The van der Waals surface area contributed by atoms with Gasteiger partial charge in [0, 0.05) is 0 Å². The van der Waals surface area contributed by atoms with Crippen LogP contribution in [0.1, 0.15) is 171 Å². The molecule has 4 rings (SSSR count). The van der Waals surface area contributed by atoms with E-state index in [0.717, 1.165) is 34.6 Å². The summed E-state index contributed by atoms with van der Waals surface area (Å²) in [6.07, 6.45) is 4.08. The standard InChI is InChI=1S/2C24H37N2O.2C6H18NSi2.2Zn/c2*1-15(2)18-11-10-12-19(16(3)4)23(18)25-20(17(5)6)13-22-26-21(14-27-22)24(7,8)9;2*1-8(2,3)7-9(4,5)6;;/h2*10-13,15-17,21H,14H2,1-9H3;2*1-6H3;;/q4*-1;2*+2/b2*20-13-;;;;/t2*21-;;;;/m11..../s1. The van der Waals surface area contributed by atoms with E-state index < -0.39 is 32.9 Å². The summed E-state index contributed by atoms with van der Waals surface area (Å²) in [6, 6.07) is 13.5. The van der Waals surface area contributed by atoms with Crippen LogP contribution in [0.3, 0.4) is 0 Å². The van der Waals surface area contributed by atoms with E-state index in [-0.39, 0.29) is 61.9 Å². The van der Waals surface area contributed by atoms with Gasteiger partial charge in [-0.05, 0) is 58.5 Å². The first-order chi connectivity index (χ1) is 32.4. The van der Waals surface area contributed by atoms with Crippen molar-refractivity contribution in [1.29, 1.82) is 0 Å². The molecule has 0 amide bonds. The van der Waals surface area contributed by atoms with Crippen molar-refractivity contribution in [3.8, 4) is 0 Å². The first-order valence-corrected chi connectivity index (χ1v) is 41.2. The molecule has 2 heterocycles. The van der Waals surface area contributed by atoms with Crippen LogP contribution in [0.5, 0.6) is 0 Å². The Morgan fingerprint density at radius 3 is 0.838 bits per heavy atom. The van der Waals surface area contributed by atoms with E-state index in [1.54, 1.807) is 0 Å². The first-order valence-electron chi connectivity index (χ1n) is 27.4. The summed E-state index contributed by atoms with van der Waals surface area (Å²) in [5.74, 6) is 3.76. The van der Waals surface area contributed by atoms with Crippen molar-refractivity contribution in [2.24, 2.45) is 32.7 Å². The van der Waals surface area contributed by atoms with E-state index in [2.05, 4.69) is 240 Å². The summed E-state index contributed by atoms with van der Waals surface area (Å²) < 4.78 is 21.4. The number of benzene rings is 2. The molecule has 2 aliphatic rings. The molecule has 0 aromatic heterocycles. The molecule has 412 valence electrons. The van der Waals surface area contributed by atoms with Crippen molar-refractivity contribution in [3.63, 3.8) is 0 Å². The number of rotatable bonds is 16. The summed E-state index contributed by atoms with van der Waals surface area (Å²) in [5, 5.41) is 10.3. The van der Waals surface area contributed by atoms with Gasteiger partial charge < -0.3 is 29.4 Å². The van der Waals surface area contributed by atoms with Gasteiger partial charge in [-0.25, -0.2) is 9.98 Å². The largest absolute Gasteiger partial charge is 2.00 e. The monoisotopic (exact) mass is 1190 g/mol. The van der Waals surface area contributed by atoms with Gasteiger partial charge in [-0.2, -0.15) is 11.4 Å². The Hall–Kier alpha value is -1.51. The molecule has 8 nitrogen and oxygen atoms in total. The van der Waals surface area contributed by atoms with Crippen LogP contribution in [0.25, 0.3) is 19.9 Å². The third kappa shape index (κ3) is 28.9. The quantitative estimate of drug-likeness (QED) is 0.156. The van der Waals surface area contributed by atoms with Crippen LogP contribution in [0.2, 0.25) is 78.6 Å². The Balaban J connectivity index is 0. The molecule has 0 N–H and O–H groups in total. The number of hydrogen-bond acceptors (Lipinski definition) is 4. The van der Waals surface area contributed by atoms with Crippen LogP contribution in [0.4, 0.5) is 11.4 Å². The number of aliphatic imine (C=N–C) groups is 2. The predicted octanol–water partition coefficient (Wildman–Crippen LogP) is 20.7. The van der Waals surface area contributed by atoms with Crippen LogP contribution in [-0.2, 0) is 48.4 Å². The van der Waals surface area contributed by atoms with Gasteiger partial charge in [0.25, 0.3) is 0 Å². The van der Waals surface area contributed by atoms with E-state index in [1.807, 2.05) is 12.2 Å². The minimum absolute atomic E-state index is 0. The Labute approximate surface area is 487 Å². The van der Waals surface area contributed by atoms with Crippen molar-refractivity contribution in [3.05, 3.63) is 102 Å². The number of hydrogen-bond donors (Lipinski definition) is 0. The second kappa shape index (κ2) is 31.3. The minimum atomic E-state index is -1.11. The van der Waals surface area contributed by atoms with E-state index in [4.69, 9.17) is 39.4 Å². The van der Waals surface area contributed by atoms with Gasteiger partial charge in [0.15, 0.2) is 0 Å². The van der Waals surface area contributed by atoms with Gasteiger partial charge in [-0.1, -0.05) is 295 Å². The molecule has 0 fully saturated rings. The second-order valence-electron chi connectivity index (χ2n) is 28.1. The van der Waals surface area contributed by atoms with Gasteiger partial charge >= 0.3 is 39.0 Å². The molecule has 0 spiro atoms. The van der Waals surface area contributed by atoms with Crippen LogP contribution < -0.4 is 0 Å². The predicted molar refractivity (Wildman–Crippen MR) is 334 cm³/mol. The molecule has 2 aromatic carbocycles. The summed E-state index contributed by atoms with van der Waals surface area (Å²) in [7, 11) is -4.42. The number of ether oxygens (including phenoxy) is 2. The van der Waals surface area contributed by atoms with Crippen molar-refractivity contribution < 1.29 is 48.4 Å². The molecule has 0 aliphatic carbocycles. The van der Waals surface area contributed by atoms with Gasteiger partial charge in [-0.15, -0.1) is 11.4 Å². The summed E-state index contributed by atoms with van der Waals surface area (Å²) in [5.41, 5.74) is 9.71. The van der Waals surface area contributed by atoms with Crippen LogP contribution in [0.15, 0.2) is 69.9 Å². The van der Waals surface area contributed by atoms with Crippen molar-refractivity contribution in [2.75, 3.05) is 13.2 Å². The topological polar surface area (TPSA) is 99.6 Å². The number of allylic oxidation sites excluding steroid dienone is 2. The molecular weight excluding hydrogens is 1080 g/mol. The van der Waals surface area contributed by atoms with E-state index in [0.29, 0.717) is 48.7 Å². The van der Waals surface area contributed by atoms with Crippen LogP contribution in [-0.4, -0.2) is 70.0 Å². The zero-order chi connectivity index (χ0) is 56.1. The molecule has 2 atom stereocenters. The van der Waals surface area contributed by atoms with Gasteiger partial charge in [0.05, 0.1) is 12.1 Å². The maximum Gasteiger partial charge on any atom is 2.00 e. The fourth-order valence-electron chi connectivity index (χ4n) is 8.29. The molecule has 74 heavy (non-hydrogen) atoms. The molecule has 0 bridgehead atoms. The summed E-state index contributed by atoms with van der Waals surface area (Å²) in [6.45, 7) is 68.7. The average molecular weight is 1190 g/mol. The van der Waals surface area contributed by atoms with Gasteiger partial charge in [0.2, 0.25) is 11.8 Å². The molecular formula is C60H110N6O2Si4Zn2. The normalized spacial score (nSPS) is 16.8. The molecule has 0 saturated heterocycles. The average Bonchev–Trinajstić information content (AvgIpc) is 3.86. The van der Waals surface area contributed by atoms with Crippen molar-refractivity contribution in [2.45, 2.75) is 239 Å². The van der Waals surface area contributed by atoms with Crippen molar-refractivity contribution in [1.82, 2.24) is 0 Å². The number of para-hydroxylation sites is 2. The molecule has 2 aromatic rings. The SMILES string of the molecule is CC(C)/C(=C/C1=N[C@@H](C(C)(C)C)CO1)[N-]c1c(C(C)C)cccc1C(C)C.CC(C)/C(=C/C1=N[C@@H](C(C)(C)C)CO1)[N-]c1c(C(C)C)cccc1C(C)C.C[Si](C)(C)[N-][Si](C)(C)C.C[Si](C)(C)[N-][Si](C)(C)C.[Zn+2].[Zn+2]. The molecule has 14 heteroatoms. The number of nitrogens with zero attached hydrogens (tertiary/aromatic N) is 6. The smallest absolute Gasteiger partial charge is 0.668 e. The third-order valence-corrected chi connectivity index (χ3v) is 22.3. The van der Waals surface area contributed by atoms with E-state index in [1.165, 1.54) is 22.3 Å². The van der Waals surface area contributed by atoms with Crippen LogP contribution >= 0.6 is 0 Å². The Kier molecular flexibility index (Phi) is 31.6. The Morgan fingerprint density at radius 2 is 0.689 bits per heavy atom. The molecule has 0 unspecified atom stereocenters. The Bertz CT molecular complexity index is 1880.